The van der Waals surface area contributed by atoms with Gasteiger partial charge in [0.2, 0.25) is 0 Å². The van der Waals surface area contributed by atoms with Gasteiger partial charge in [0.1, 0.15) is 11.9 Å². The number of aliphatic hydroxyl groups is 1. The molecule has 3 heteroatoms. The SMILES string of the molecule is CCC(O)OCC(C)Oc1cccc(C)c1. The highest BCUT2D eigenvalue weighted by molar-refractivity contribution is 5.27. The van der Waals surface area contributed by atoms with Crippen molar-refractivity contribution in [3.05, 3.63) is 29.8 Å². The fourth-order valence-corrected chi connectivity index (χ4v) is 1.32. The first kappa shape index (κ1) is 13.0. The van der Waals surface area contributed by atoms with Gasteiger partial charge in [-0.3, -0.25) is 0 Å². The maximum atomic E-state index is 9.24. The van der Waals surface area contributed by atoms with Gasteiger partial charge in [-0.1, -0.05) is 19.1 Å². The minimum Gasteiger partial charge on any atom is -0.488 e. The van der Waals surface area contributed by atoms with Gasteiger partial charge in [0.25, 0.3) is 0 Å². The van der Waals surface area contributed by atoms with Crippen LogP contribution < -0.4 is 4.74 Å². The average Bonchev–Trinajstić information content (AvgIpc) is 2.26. The van der Waals surface area contributed by atoms with Crippen molar-refractivity contribution < 1.29 is 14.6 Å². The van der Waals surface area contributed by atoms with Gasteiger partial charge in [-0.05, 0) is 38.0 Å². The summed E-state index contributed by atoms with van der Waals surface area (Å²) in [4.78, 5) is 0. The molecule has 3 nitrogen and oxygen atoms in total. The van der Waals surface area contributed by atoms with Crippen LogP contribution in [-0.4, -0.2) is 24.1 Å². The van der Waals surface area contributed by atoms with E-state index < -0.39 is 6.29 Å². The van der Waals surface area contributed by atoms with E-state index >= 15 is 0 Å². The molecule has 0 radical (unpaired) electrons. The second-order valence-electron chi connectivity index (χ2n) is 3.94. The first-order chi connectivity index (χ1) is 7.61. The maximum Gasteiger partial charge on any atom is 0.154 e. The largest absolute Gasteiger partial charge is 0.488 e. The number of aliphatic hydroxyl groups excluding tert-OH is 1. The van der Waals surface area contributed by atoms with Gasteiger partial charge < -0.3 is 14.6 Å². The molecular formula is C13H20O3. The first-order valence-corrected chi connectivity index (χ1v) is 5.64. The molecule has 0 saturated heterocycles. The van der Waals surface area contributed by atoms with Crippen LogP contribution in [-0.2, 0) is 4.74 Å². The number of rotatable bonds is 6. The molecule has 1 aromatic carbocycles. The highest BCUT2D eigenvalue weighted by atomic mass is 16.6. The third-order valence-corrected chi connectivity index (χ3v) is 2.20. The molecule has 0 heterocycles. The van der Waals surface area contributed by atoms with Crippen LogP contribution >= 0.6 is 0 Å². The maximum absolute atomic E-state index is 9.24. The molecule has 0 aliphatic heterocycles. The van der Waals surface area contributed by atoms with E-state index in [1.165, 1.54) is 5.56 Å². The lowest BCUT2D eigenvalue weighted by molar-refractivity contribution is -0.116. The van der Waals surface area contributed by atoms with Crippen LogP contribution in [0.15, 0.2) is 24.3 Å². The van der Waals surface area contributed by atoms with Crippen molar-refractivity contribution in [2.24, 2.45) is 0 Å². The molecule has 2 atom stereocenters. The predicted octanol–water partition coefficient (Wildman–Crippen LogP) is 2.51. The van der Waals surface area contributed by atoms with E-state index in [4.69, 9.17) is 9.47 Å². The molecule has 0 fully saturated rings. The summed E-state index contributed by atoms with van der Waals surface area (Å²) in [5, 5.41) is 9.24. The van der Waals surface area contributed by atoms with Crippen LogP contribution in [0.4, 0.5) is 0 Å². The van der Waals surface area contributed by atoms with Crippen LogP contribution in [0.25, 0.3) is 0 Å². The second kappa shape index (κ2) is 6.51. The molecule has 0 saturated carbocycles. The monoisotopic (exact) mass is 224 g/mol. The summed E-state index contributed by atoms with van der Waals surface area (Å²) >= 11 is 0. The number of ether oxygens (including phenoxy) is 2. The lowest BCUT2D eigenvalue weighted by atomic mass is 10.2. The van der Waals surface area contributed by atoms with Gasteiger partial charge >= 0.3 is 0 Å². The summed E-state index contributed by atoms with van der Waals surface area (Å²) in [5.41, 5.74) is 1.17. The lowest BCUT2D eigenvalue weighted by Crippen LogP contribution is -2.23. The molecule has 1 aromatic rings. The summed E-state index contributed by atoms with van der Waals surface area (Å²) in [5.74, 6) is 0.835. The second-order valence-corrected chi connectivity index (χ2v) is 3.94. The molecule has 1 N–H and O–H groups in total. The van der Waals surface area contributed by atoms with Gasteiger partial charge in [-0.2, -0.15) is 0 Å². The Morgan fingerprint density at radius 1 is 1.38 bits per heavy atom. The Morgan fingerprint density at radius 2 is 2.12 bits per heavy atom. The van der Waals surface area contributed by atoms with Crippen molar-refractivity contribution in [2.75, 3.05) is 6.61 Å². The Kier molecular flexibility index (Phi) is 5.29. The van der Waals surface area contributed by atoms with E-state index in [1.807, 2.05) is 45.0 Å². The van der Waals surface area contributed by atoms with E-state index in [9.17, 15) is 5.11 Å². The molecular weight excluding hydrogens is 204 g/mol. The molecule has 0 aliphatic rings. The average molecular weight is 224 g/mol. The molecule has 1 rings (SSSR count). The zero-order chi connectivity index (χ0) is 12.0. The summed E-state index contributed by atoms with van der Waals surface area (Å²) in [6, 6.07) is 7.88. The molecule has 0 amide bonds. The minimum atomic E-state index is -0.691. The van der Waals surface area contributed by atoms with Gasteiger partial charge in [-0.15, -0.1) is 0 Å². The minimum absolute atomic E-state index is 0.0667. The van der Waals surface area contributed by atoms with E-state index in [-0.39, 0.29) is 6.10 Å². The third kappa shape index (κ3) is 4.64. The quantitative estimate of drug-likeness (QED) is 0.754. The van der Waals surface area contributed by atoms with Crippen molar-refractivity contribution in [1.29, 1.82) is 0 Å². The van der Waals surface area contributed by atoms with Crippen LogP contribution in [0.2, 0.25) is 0 Å². The first-order valence-electron chi connectivity index (χ1n) is 5.64. The Labute approximate surface area is 97.0 Å². The van der Waals surface area contributed by atoms with E-state index in [2.05, 4.69) is 0 Å². The van der Waals surface area contributed by atoms with E-state index in [1.54, 1.807) is 0 Å². The molecule has 2 unspecified atom stereocenters. The third-order valence-electron chi connectivity index (χ3n) is 2.20. The number of benzene rings is 1. The Hall–Kier alpha value is -1.06. The Bertz CT molecular complexity index is 312. The van der Waals surface area contributed by atoms with Crippen LogP contribution in [0, 0.1) is 6.92 Å². The van der Waals surface area contributed by atoms with E-state index in [0.717, 1.165) is 5.75 Å². The molecule has 0 aromatic heterocycles. The van der Waals surface area contributed by atoms with Gasteiger partial charge in [0.05, 0.1) is 6.61 Å². The van der Waals surface area contributed by atoms with Crippen molar-refractivity contribution >= 4 is 0 Å². The summed E-state index contributed by atoms with van der Waals surface area (Å²) in [6.07, 6.45) is -0.163. The van der Waals surface area contributed by atoms with Gasteiger partial charge in [-0.25, -0.2) is 0 Å². The molecule has 0 spiro atoms. The molecule has 16 heavy (non-hydrogen) atoms. The number of aryl methyl sites for hydroxylation is 1. The van der Waals surface area contributed by atoms with Gasteiger partial charge in [0, 0.05) is 0 Å². The highest BCUT2D eigenvalue weighted by Gasteiger charge is 2.07. The zero-order valence-electron chi connectivity index (χ0n) is 10.1. The summed E-state index contributed by atoms with van der Waals surface area (Å²) in [6.45, 7) is 6.21. The summed E-state index contributed by atoms with van der Waals surface area (Å²) < 4.78 is 10.8. The van der Waals surface area contributed by atoms with Crippen molar-refractivity contribution in [3.63, 3.8) is 0 Å². The van der Waals surface area contributed by atoms with E-state index in [0.29, 0.717) is 13.0 Å². The topological polar surface area (TPSA) is 38.7 Å². The fraction of sp³-hybridized carbons (Fsp3) is 0.538. The summed E-state index contributed by atoms with van der Waals surface area (Å²) in [7, 11) is 0. The number of hydrogen-bond donors (Lipinski definition) is 1. The molecule has 90 valence electrons. The van der Waals surface area contributed by atoms with Crippen molar-refractivity contribution in [2.45, 2.75) is 39.6 Å². The fourth-order valence-electron chi connectivity index (χ4n) is 1.32. The molecule has 0 aliphatic carbocycles. The zero-order valence-corrected chi connectivity index (χ0v) is 10.1. The van der Waals surface area contributed by atoms with Crippen LogP contribution in [0.5, 0.6) is 5.75 Å². The van der Waals surface area contributed by atoms with Crippen molar-refractivity contribution in [1.82, 2.24) is 0 Å². The van der Waals surface area contributed by atoms with Crippen LogP contribution in [0.3, 0.4) is 0 Å². The Morgan fingerprint density at radius 3 is 2.75 bits per heavy atom. The normalized spacial score (nSPS) is 14.5. The number of hydrogen-bond acceptors (Lipinski definition) is 3. The Balaban J connectivity index is 2.36. The lowest BCUT2D eigenvalue weighted by Gasteiger charge is -2.17. The highest BCUT2D eigenvalue weighted by Crippen LogP contribution is 2.14. The van der Waals surface area contributed by atoms with Crippen molar-refractivity contribution in [3.8, 4) is 5.75 Å². The molecule has 0 bridgehead atoms. The smallest absolute Gasteiger partial charge is 0.154 e. The standard InChI is InChI=1S/C13H20O3/c1-4-13(14)15-9-11(3)16-12-7-5-6-10(2)8-12/h5-8,11,13-14H,4,9H2,1-3H3. The van der Waals surface area contributed by atoms with Crippen LogP contribution in [0.1, 0.15) is 25.8 Å². The predicted molar refractivity (Wildman–Crippen MR) is 63.5 cm³/mol. The van der Waals surface area contributed by atoms with Gasteiger partial charge in [0.15, 0.2) is 6.29 Å².